The highest BCUT2D eigenvalue weighted by Crippen LogP contribution is 2.36. The molecule has 1 saturated heterocycles. The Morgan fingerprint density at radius 3 is 2.32 bits per heavy atom. The molecule has 0 saturated carbocycles. The Morgan fingerprint density at radius 1 is 1.21 bits per heavy atom. The van der Waals surface area contributed by atoms with Crippen molar-refractivity contribution in [3.63, 3.8) is 0 Å². The van der Waals surface area contributed by atoms with Crippen molar-refractivity contribution in [3.8, 4) is 0 Å². The van der Waals surface area contributed by atoms with Gasteiger partial charge >= 0.3 is 7.12 Å². The monoisotopic (exact) mass is 264 g/mol. The van der Waals surface area contributed by atoms with Gasteiger partial charge in [0.05, 0.1) is 16.8 Å². The predicted molar refractivity (Wildman–Crippen MR) is 75.5 cm³/mol. The van der Waals surface area contributed by atoms with Crippen LogP contribution in [0.3, 0.4) is 0 Å². The zero-order valence-corrected chi connectivity index (χ0v) is 11.9. The predicted octanol–water partition coefficient (Wildman–Crippen LogP) is 0.175. The van der Waals surface area contributed by atoms with Crippen LogP contribution in [0.1, 0.15) is 33.3 Å². The second-order valence-electron chi connectivity index (χ2n) is 5.89. The summed E-state index contributed by atoms with van der Waals surface area (Å²) in [5, 5.41) is 0. The molecule has 1 aliphatic heterocycles. The van der Waals surface area contributed by atoms with Gasteiger partial charge in [-0.3, -0.25) is 4.79 Å². The third-order valence-electron chi connectivity index (χ3n) is 3.94. The van der Waals surface area contributed by atoms with E-state index in [1.54, 1.807) is 6.07 Å². The van der Waals surface area contributed by atoms with Crippen molar-refractivity contribution in [3.05, 3.63) is 28.0 Å². The van der Waals surface area contributed by atoms with E-state index >= 15 is 0 Å². The lowest BCUT2D eigenvalue weighted by Gasteiger charge is -2.32. The first-order chi connectivity index (χ1) is 8.77. The number of nitrogens with one attached hydrogen (secondary N) is 1. The van der Waals surface area contributed by atoms with Gasteiger partial charge in [0.1, 0.15) is 0 Å². The summed E-state index contributed by atoms with van der Waals surface area (Å²) in [6.45, 7) is 8.44. The van der Waals surface area contributed by atoms with Crippen molar-refractivity contribution >= 4 is 12.7 Å². The summed E-state index contributed by atoms with van der Waals surface area (Å²) in [5.74, 6) is 0. The molecule has 0 aliphatic carbocycles. The molecule has 1 aliphatic rings. The highest BCUT2D eigenvalue weighted by atomic mass is 16.7. The quantitative estimate of drug-likeness (QED) is 0.763. The summed E-state index contributed by atoms with van der Waals surface area (Å²) in [6, 6.07) is 3.28. The Hall–Kier alpha value is -1.11. The van der Waals surface area contributed by atoms with Crippen molar-refractivity contribution in [1.29, 1.82) is 0 Å². The third kappa shape index (κ3) is 2.61. The van der Waals surface area contributed by atoms with Crippen LogP contribution in [0.2, 0.25) is 0 Å². The van der Waals surface area contributed by atoms with E-state index in [2.05, 4.69) is 4.98 Å². The molecule has 19 heavy (non-hydrogen) atoms. The number of aromatic nitrogens is 1. The van der Waals surface area contributed by atoms with E-state index < -0.39 is 18.3 Å². The molecule has 2 rings (SSSR count). The molecule has 2 heterocycles. The minimum atomic E-state index is -0.555. The first-order valence-electron chi connectivity index (χ1n) is 6.54. The molecule has 6 heteroatoms. The maximum atomic E-state index is 11.5. The summed E-state index contributed by atoms with van der Waals surface area (Å²) in [6.07, 6.45) is 0.677. The van der Waals surface area contributed by atoms with E-state index in [-0.39, 0.29) is 5.56 Å². The van der Waals surface area contributed by atoms with Crippen LogP contribution in [-0.4, -0.2) is 29.8 Å². The summed E-state index contributed by atoms with van der Waals surface area (Å²) >= 11 is 0. The van der Waals surface area contributed by atoms with E-state index in [9.17, 15) is 4.79 Å². The highest BCUT2D eigenvalue weighted by molar-refractivity contribution is 6.61. The molecule has 3 N–H and O–H groups in total. The molecule has 0 unspecified atom stereocenters. The fraction of sp³-hybridized carbons (Fsp3) is 0.615. The van der Waals surface area contributed by atoms with Crippen LogP contribution in [0.25, 0.3) is 0 Å². The van der Waals surface area contributed by atoms with Crippen LogP contribution in [-0.2, 0) is 15.7 Å². The Kier molecular flexibility index (Phi) is 3.60. The van der Waals surface area contributed by atoms with Crippen LogP contribution < -0.4 is 16.9 Å². The van der Waals surface area contributed by atoms with Gasteiger partial charge < -0.3 is 20.0 Å². The molecule has 104 valence electrons. The van der Waals surface area contributed by atoms with Crippen molar-refractivity contribution in [1.82, 2.24) is 4.98 Å². The molecular formula is C13H21BN2O3. The van der Waals surface area contributed by atoms with Crippen molar-refractivity contribution in [2.75, 3.05) is 6.54 Å². The van der Waals surface area contributed by atoms with Gasteiger partial charge in [-0.15, -0.1) is 0 Å². The number of H-pyrrole nitrogens is 1. The number of nitrogens with two attached hydrogens (primary N) is 1. The largest absolute Gasteiger partial charge is 0.512 e. The van der Waals surface area contributed by atoms with Gasteiger partial charge in [0.15, 0.2) is 0 Å². The average molecular weight is 264 g/mol. The van der Waals surface area contributed by atoms with Gasteiger partial charge in [0.25, 0.3) is 0 Å². The third-order valence-corrected chi connectivity index (χ3v) is 3.94. The smallest absolute Gasteiger partial charge is 0.398 e. The second kappa shape index (κ2) is 4.78. The van der Waals surface area contributed by atoms with Gasteiger partial charge in [-0.1, -0.05) is 6.07 Å². The molecule has 0 amide bonds. The Bertz CT molecular complexity index is 509. The van der Waals surface area contributed by atoms with Crippen LogP contribution >= 0.6 is 0 Å². The molecule has 1 fully saturated rings. The molecule has 1 aromatic heterocycles. The maximum Gasteiger partial charge on any atom is 0.512 e. The standard InChI is InChI=1S/C13H21BN2O3/c1-12(2)13(3,4)19-14(18-12)11-9(7-8-15)5-6-10(17)16-11/h5-6H,7-8,15H2,1-4H3,(H,16,17). The average Bonchev–Trinajstić information content (AvgIpc) is 2.51. The van der Waals surface area contributed by atoms with Crippen LogP contribution in [0, 0.1) is 0 Å². The van der Waals surface area contributed by atoms with Crippen LogP contribution in [0.15, 0.2) is 16.9 Å². The van der Waals surface area contributed by atoms with Gasteiger partial charge in [0, 0.05) is 6.07 Å². The molecule has 0 bridgehead atoms. The van der Waals surface area contributed by atoms with Crippen molar-refractivity contribution in [2.24, 2.45) is 5.73 Å². The zero-order chi connectivity index (χ0) is 14.3. The summed E-state index contributed by atoms with van der Waals surface area (Å²) in [5.41, 5.74) is 6.22. The first-order valence-corrected chi connectivity index (χ1v) is 6.54. The molecule has 5 nitrogen and oxygen atoms in total. The van der Waals surface area contributed by atoms with Crippen LogP contribution in [0.4, 0.5) is 0 Å². The highest BCUT2D eigenvalue weighted by Gasteiger charge is 2.52. The minimum absolute atomic E-state index is 0.162. The molecule has 0 spiro atoms. The van der Waals surface area contributed by atoms with Gasteiger partial charge in [-0.2, -0.15) is 0 Å². The number of hydrogen-bond acceptors (Lipinski definition) is 4. The molecule has 0 atom stereocenters. The minimum Gasteiger partial charge on any atom is -0.398 e. The topological polar surface area (TPSA) is 77.3 Å². The maximum absolute atomic E-state index is 11.5. The van der Waals surface area contributed by atoms with Crippen molar-refractivity contribution < 1.29 is 9.31 Å². The summed E-state index contributed by atoms with van der Waals surface area (Å²) in [7, 11) is -0.555. The van der Waals surface area contributed by atoms with E-state index in [1.807, 2.05) is 27.7 Å². The normalized spacial score (nSPS) is 20.8. The Labute approximate surface area is 113 Å². The van der Waals surface area contributed by atoms with E-state index in [1.165, 1.54) is 6.07 Å². The summed E-state index contributed by atoms with van der Waals surface area (Å²) < 4.78 is 11.9. The van der Waals surface area contributed by atoms with Gasteiger partial charge in [0.2, 0.25) is 5.56 Å². The SMILES string of the molecule is CC1(C)OB(c2[nH]c(=O)ccc2CCN)OC1(C)C. The van der Waals surface area contributed by atoms with E-state index in [0.29, 0.717) is 18.6 Å². The van der Waals surface area contributed by atoms with Gasteiger partial charge in [-0.05, 0) is 46.2 Å². The number of rotatable bonds is 3. The van der Waals surface area contributed by atoms with Gasteiger partial charge in [-0.25, -0.2) is 0 Å². The number of pyridine rings is 1. The molecule has 1 aromatic rings. The molecule has 0 radical (unpaired) electrons. The second-order valence-corrected chi connectivity index (χ2v) is 5.89. The fourth-order valence-electron chi connectivity index (χ4n) is 2.07. The van der Waals surface area contributed by atoms with Crippen LogP contribution in [0.5, 0.6) is 0 Å². The molecular weight excluding hydrogens is 243 g/mol. The lowest BCUT2D eigenvalue weighted by atomic mass is 9.80. The fourth-order valence-corrected chi connectivity index (χ4v) is 2.07. The Morgan fingerprint density at radius 2 is 1.79 bits per heavy atom. The summed E-state index contributed by atoms with van der Waals surface area (Å²) in [4.78, 5) is 14.3. The van der Waals surface area contributed by atoms with Crippen molar-refractivity contribution in [2.45, 2.75) is 45.3 Å². The number of hydrogen-bond donors (Lipinski definition) is 2. The lowest BCUT2D eigenvalue weighted by molar-refractivity contribution is 0.00578. The zero-order valence-electron chi connectivity index (χ0n) is 11.9. The lowest BCUT2D eigenvalue weighted by Crippen LogP contribution is -2.42. The van der Waals surface area contributed by atoms with E-state index in [4.69, 9.17) is 15.0 Å². The number of aromatic amines is 1. The van der Waals surface area contributed by atoms with E-state index in [0.717, 1.165) is 5.56 Å². The molecule has 0 aromatic carbocycles. The Balaban J connectivity index is 2.38. The first kappa shape index (κ1) is 14.3.